The van der Waals surface area contributed by atoms with Crippen LogP contribution in [-0.4, -0.2) is 23.4 Å². The minimum Gasteiger partial charge on any atom is -0.390 e. The first kappa shape index (κ1) is 13.9. The van der Waals surface area contributed by atoms with Gasteiger partial charge >= 0.3 is 0 Å². The van der Waals surface area contributed by atoms with Gasteiger partial charge in [-0.05, 0) is 19.3 Å². The van der Waals surface area contributed by atoms with Crippen LogP contribution >= 0.6 is 0 Å². The van der Waals surface area contributed by atoms with Crippen LogP contribution in [0.25, 0.3) is 0 Å². The summed E-state index contributed by atoms with van der Waals surface area (Å²) in [5, 5.41) is 10.3. The first-order valence-corrected chi connectivity index (χ1v) is 7.94. The fourth-order valence-corrected chi connectivity index (χ4v) is 3.57. The Morgan fingerprint density at radius 2 is 1.41 bits per heavy atom. The highest BCUT2D eigenvalue weighted by Gasteiger charge is 2.53. The lowest BCUT2D eigenvalue weighted by Gasteiger charge is -2.29. The zero-order valence-corrected chi connectivity index (χ0v) is 12.4. The maximum atomic E-state index is 10.3. The van der Waals surface area contributed by atoms with Crippen molar-refractivity contribution in [2.45, 2.75) is 43.4 Å². The number of fused-ring (bicyclic) bond motifs is 1. The average Bonchev–Trinajstić information content (AvgIpc) is 2.99. The van der Waals surface area contributed by atoms with Crippen LogP contribution in [0.5, 0.6) is 0 Å². The summed E-state index contributed by atoms with van der Waals surface area (Å²) in [4.78, 5) is 0. The van der Waals surface area contributed by atoms with Crippen molar-refractivity contribution in [2.24, 2.45) is 0 Å². The third-order valence-corrected chi connectivity index (χ3v) is 4.66. The van der Waals surface area contributed by atoms with Crippen LogP contribution in [0.1, 0.15) is 30.4 Å². The lowest BCUT2D eigenvalue weighted by Crippen LogP contribution is -2.39. The van der Waals surface area contributed by atoms with Gasteiger partial charge in [-0.15, -0.1) is 0 Å². The lowest BCUT2D eigenvalue weighted by molar-refractivity contribution is -0.157. The molecule has 1 heterocycles. The molecule has 4 rings (SSSR count). The summed E-state index contributed by atoms with van der Waals surface area (Å²) in [6.07, 6.45) is 1.94. The first-order valence-electron chi connectivity index (χ1n) is 7.94. The number of hydrogen-bond acceptors (Lipinski definition) is 3. The molecule has 2 fully saturated rings. The maximum Gasteiger partial charge on any atom is 0.223 e. The van der Waals surface area contributed by atoms with Gasteiger partial charge in [-0.25, -0.2) is 0 Å². The highest BCUT2D eigenvalue weighted by molar-refractivity contribution is 5.35. The van der Waals surface area contributed by atoms with E-state index in [0.29, 0.717) is 0 Å². The Morgan fingerprint density at radius 1 is 0.818 bits per heavy atom. The van der Waals surface area contributed by atoms with Gasteiger partial charge in [0.05, 0.1) is 12.2 Å². The summed E-state index contributed by atoms with van der Waals surface area (Å²) < 4.78 is 12.8. The van der Waals surface area contributed by atoms with Crippen molar-refractivity contribution in [1.29, 1.82) is 0 Å². The molecule has 3 heteroatoms. The number of benzene rings is 2. The molecule has 0 bridgehead atoms. The predicted molar refractivity (Wildman–Crippen MR) is 83.3 cm³/mol. The molecule has 2 aromatic rings. The van der Waals surface area contributed by atoms with E-state index in [4.69, 9.17) is 9.47 Å². The van der Waals surface area contributed by atoms with E-state index in [2.05, 4.69) is 0 Å². The molecule has 0 spiro atoms. The zero-order chi connectivity index (χ0) is 15.0. The summed E-state index contributed by atoms with van der Waals surface area (Å²) in [6, 6.07) is 20.0. The molecule has 22 heavy (non-hydrogen) atoms. The summed E-state index contributed by atoms with van der Waals surface area (Å²) in [5.74, 6) is -0.914. The zero-order valence-electron chi connectivity index (χ0n) is 12.4. The lowest BCUT2D eigenvalue weighted by atomic mass is 9.92. The van der Waals surface area contributed by atoms with Crippen molar-refractivity contribution in [3.63, 3.8) is 0 Å². The van der Waals surface area contributed by atoms with Crippen LogP contribution in [0.2, 0.25) is 0 Å². The van der Waals surface area contributed by atoms with Crippen molar-refractivity contribution in [2.75, 3.05) is 0 Å². The highest BCUT2D eigenvalue weighted by atomic mass is 16.8. The Kier molecular flexibility index (Phi) is 3.49. The molecule has 1 saturated heterocycles. The Hall–Kier alpha value is -1.68. The van der Waals surface area contributed by atoms with Crippen molar-refractivity contribution < 1.29 is 14.6 Å². The van der Waals surface area contributed by atoms with Gasteiger partial charge in [0.15, 0.2) is 0 Å². The largest absolute Gasteiger partial charge is 0.390 e. The van der Waals surface area contributed by atoms with Gasteiger partial charge in [0.1, 0.15) is 6.10 Å². The number of aliphatic hydroxyl groups excluding tert-OH is 1. The van der Waals surface area contributed by atoms with Gasteiger partial charge in [-0.2, -0.15) is 0 Å². The molecule has 1 aliphatic carbocycles. The Balaban J connectivity index is 1.81. The molecule has 1 N–H and O–H groups in total. The fraction of sp³-hybridized carbons (Fsp3) is 0.368. The number of rotatable bonds is 2. The Labute approximate surface area is 130 Å². The smallest absolute Gasteiger partial charge is 0.223 e. The van der Waals surface area contributed by atoms with Gasteiger partial charge < -0.3 is 14.6 Å². The second kappa shape index (κ2) is 5.51. The van der Waals surface area contributed by atoms with E-state index in [9.17, 15) is 5.11 Å². The van der Waals surface area contributed by atoms with Gasteiger partial charge in [0, 0.05) is 11.1 Å². The Morgan fingerprint density at radius 3 is 1.95 bits per heavy atom. The van der Waals surface area contributed by atoms with Gasteiger partial charge in [-0.3, -0.25) is 0 Å². The quantitative estimate of drug-likeness (QED) is 0.925. The van der Waals surface area contributed by atoms with E-state index in [1.807, 2.05) is 60.7 Å². The number of aliphatic hydroxyl groups is 1. The highest BCUT2D eigenvalue weighted by Crippen LogP contribution is 2.46. The third kappa shape index (κ3) is 2.17. The van der Waals surface area contributed by atoms with E-state index >= 15 is 0 Å². The minimum atomic E-state index is -0.914. The first-order chi connectivity index (χ1) is 10.8. The molecule has 114 valence electrons. The van der Waals surface area contributed by atoms with E-state index in [1.54, 1.807) is 0 Å². The van der Waals surface area contributed by atoms with Crippen molar-refractivity contribution in [1.82, 2.24) is 0 Å². The predicted octanol–water partition coefficient (Wildman–Crippen LogP) is 3.22. The number of ether oxygens (including phenoxy) is 2. The van der Waals surface area contributed by atoms with Crippen LogP contribution < -0.4 is 0 Å². The summed E-state index contributed by atoms with van der Waals surface area (Å²) in [7, 11) is 0. The summed E-state index contributed by atoms with van der Waals surface area (Å²) >= 11 is 0. The molecule has 3 atom stereocenters. The minimum absolute atomic E-state index is 0.0517. The monoisotopic (exact) mass is 296 g/mol. The Bertz CT molecular complexity index is 586. The second-order valence-electron chi connectivity index (χ2n) is 6.09. The molecule has 0 radical (unpaired) electrons. The van der Waals surface area contributed by atoms with E-state index in [-0.39, 0.29) is 12.2 Å². The molecule has 3 unspecified atom stereocenters. The molecular weight excluding hydrogens is 276 g/mol. The van der Waals surface area contributed by atoms with E-state index in [1.165, 1.54) is 0 Å². The van der Waals surface area contributed by atoms with Crippen LogP contribution in [-0.2, 0) is 15.3 Å². The third-order valence-electron chi connectivity index (χ3n) is 4.66. The van der Waals surface area contributed by atoms with Crippen LogP contribution in [0.15, 0.2) is 60.7 Å². The molecule has 3 nitrogen and oxygen atoms in total. The number of hydrogen-bond donors (Lipinski definition) is 1. The van der Waals surface area contributed by atoms with Crippen LogP contribution in [0, 0.1) is 0 Å². The topological polar surface area (TPSA) is 38.7 Å². The van der Waals surface area contributed by atoms with Gasteiger partial charge in [0.25, 0.3) is 0 Å². The molecule has 2 aromatic carbocycles. The van der Waals surface area contributed by atoms with Crippen molar-refractivity contribution in [3.8, 4) is 0 Å². The van der Waals surface area contributed by atoms with E-state index in [0.717, 1.165) is 30.4 Å². The summed E-state index contributed by atoms with van der Waals surface area (Å²) in [5.41, 5.74) is 1.95. The maximum absolute atomic E-state index is 10.3. The standard InChI is InChI=1S/C19H20O3/c20-16-12-7-13-17-18(16)22-19(21-17,14-8-3-1-4-9-14)15-10-5-2-6-11-15/h1-6,8-11,16-18,20H,7,12-13H2. The van der Waals surface area contributed by atoms with Gasteiger partial charge in [0.2, 0.25) is 5.79 Å². The van der Waals surface area contributed by atoms with Crippen LogP contribution in [0.4, 0.5) is 0 Å². The molecular formula is C19H20O3. The van der Waals surface area contributed by atoms with E-state index < -0.39 is 11.9 Å². The van der Waals surface area contributed by atoms with Crippen molar-refractivity contribution >= 4 is 0 Å². The fourth-order valence-electron chi connectivity index (χ4n) is 3.57. The van der Waals surface area contributed by atoms with Gasteiger partial charge in [-0.1, -0.05) is 60.7 Å². The second-order valence-corrected chi connectivity index (χ2v) is 6.09. The molecule has 0 amide bonds. The SMILES string of the molecule is OC1CCCC2OC(c3ccccc3)(c3ccccc3)OC12. The average molecular weight is 296 g/mol. The molecule has 1 saturated carbocycles. The normalized spacial score (nSPS) is 30.0. The molecule has 0 aromatic heterocycles. The summed E-state index contributed by atoms with van der Waals surface area (Å²) in [6.45, 7) is 0. The van der Waals surface area contributed by atoms with Crippen molar-refractivity contribution in [3.05, 3.63) is 71.8 Å². The molecule has 2 aliphatic rings. The van der Waals surface area contributed by atoms with Crippen LogP contribution in [0.3, 0.4) is 0 Å². The molecule has 1 aliphatic heterocycles.